The molecular weight excluding hydrogens is 298 g/mol. The van der Waals surface area contributed by atoms with E-state index in [9.17, 15) is 4.79 Å². The Labute approximate surface area is 136 Å². The maximum Gasteiger partial charge on any atom is 0.261 e. The smallest absolute Gasteiger partial charge is 0.261 e. The van der Waals surface area contributed by atoms with Crippen LogP contribution in [0.15, 0.2) is 48.5 Å². The van der Waals surface area contributed by atoms with Crippen LogP contribution in [-0.4, -0.2) is 12.0 Å². The van der Waals surface area contributed by atoms with Crippen LogP contribution in [0.3, 0.4) is 0 Å². The summed E-state index contributed by atoms with van der Waals surface area (Å²) >= 11 is 6.06. The normalized spacial score (nSPS) is 11.8. The lowest BCUT2D eigenvalue weighted by atomic mass is 10.1. The van der Waals surface area contributed by atoms with Crippen molar-refractivity contribution in [3.63, 3.8) is 0 Å². The number of amides is 1. The minimum absolute atomic E-state index is 0.136. The summed E-state index contributed by atoms with van der Waals surface area (Å²) in [6, 6.07) is 15.2. The van der Waals surface area contributed by atoms with Crippen molar-refractivity contribution in [2.45, 2.75) is 32.9 Å². The van der Waals surface area contributed by atoms with Crippen molar-refractivity contribution in [1.29, 1.82) is 0 Å². The Hall–Kier alpha value is -2.00. The second-order valence-corrected chi connectivity index (χ2v) is 5.56. The second kappa shape index (κ2) is 7.85. The number of carbonyl (C=O) groups excluding carboxylic acids is 1. The molecule has 22 heavy (non-hydrogen) atoms. The molecule has 0 aliphatic rings. The number of ether oxygens (including phenoxy) is 1. The van der Waals surface area contributed by atoms with Crippen molar-refractivity contribution >= 4 is 17.5 Å². The molecule has 4 heteroatoms. The highest BCUT2D eigenvalue weighted by atomic mass is 35.5. The molecule has 0 heterocycles. The number of para-hydroxylation sites is 1. The fraction of sp³-hybridized carbons (Fsp3) is 0.278. The third kappa shape index (κ3) is 4.50. The minimum atomic E-state index is -0.551. The Morgan fingerprint density at radius 3 is 2.50 bits per heavy atom. The third-order valence-electron chi connectivity index (χ3n) is 3.36. The average molecular weight is 318 g/mol. The highest BCUT2D eigenvalue weighted by molar-refractivity contribution is 6.32. The van der Waals surface area contributed by atoms with Crippen LogP contribution in [0, 0.1) is 6.92 Å². The van der Waals surface area contributed by atoms with Crippen molar-refractivity contribution in [2.75, 3.05) is 0 Å². The first kappa shape index (κ1) is 16.4. The molecule has 0 aromatic heterocycles. The number of nitrogens with one attached hydrogen (secondary N) is 1. The summed E-state index contributed by atoms with van der Waals surface area (Å²) in [4.78, 5) is 12.3. The zero-order chi connectivity index (χ0) is 15.9. The topological polar surface area (TPSA) is 38.3 Å². The van der Waals surface area contributed by atoms with Crippen LogP contribution in [-0.2, 0) is 11.3 Å². The first-order valence-electron chi connectivity index (χ1n) is 7.34. The summed E-state index contributed by atoms with van der Waals surface area (Å²) in [5, 5.41) is 3.41. The lowest BCUT2D eigenvalue weighted by Crippen LogP contribution is -2.37. The van der Waals surface area contributed by atoms with E-state index in [4.69, 9.17) is 16.3 Å². The van der Waals surface area contributed by atoms with Gasteiger partial charge in [-0.05, 0) is 31.0 Å². The van der Waals surface area contributed by atoms with Crippen LogP contribution < -0.4 is 10.1 Å². The number of rotatable bonds is 6. The molecule has 0 spiro atoms. The van der Waals surface area contributed by atoms with E-state index in [1.807, 2.05) is 50.2 Å². The maximum atomic E-state index is 12.3. The summed E-state index contributed by atoms with van der Waals surface area (Å²) in [6.07, 6.45) is 0.0238. The van der Waals surface area contributed by atoms with E-state index >= 15 is 0 Å². The van der Waals surface area contributed by atoms with Crippen molar-refractivity contribution in [1.82, 2.24) is 5.32 Å². The van der Waals surface area contributed by atoms with E-state index in [0.29, 0.717) is 23.7 Å². The molecule has 0 bridgehead atoms. The van der Waals surface area contributed by atoms with E-state index in [2.05, 4.69) is 5.32 Å². The Bertz CT molecular complexity index is 625. The fourth-order valence-electron chi connectivity index (χ4n) is 2.02. The molecule has 3 nitrogen and oxygen atoms in total. The van der Waals surface area contributed by atoms with Gasteiger partial charge in [-0.3, -0.25) is 4.79 Å². The number of hydrogen-bond donors (Lipinski definition) is 1. The van der Waals surface area contributed by atoms with Crippen LogP contribution in [0.5, 0.6) is 5.75 Å². The molecule has 0 unspecified atom stereocenters. The van der Waals surface area contributed by atoms with E-state index < -0.39 is 6.10 Å². The predicted octanol–water partition coefficient (Wildman–Crippen LogP) is 4.12. The van der Waals surface area contributed by atoms with Gasteiger partial charge in [0.2, 0.25) is 0 Å². The Kier molecular flexibility index (Phi) is 5.84. The molecule has 0 radical (unpaired) electrons. The van der Waals surface area contributed by atoms with Gasteiger partial charge in [0.25, 0.3) is 5.91 Å². The molecule has 2 aromatic carbocycles. The van der Waals surface area contributed by atoms with Gasteiger partial charge in [-0.2, -0.15) is 0 Å². The number of halogens is 1. The first-order valence-corrected chi connectivity index (χ1v) is 7.72. The molecule has 0 saturated heterocycles. The van der Waals surface area contributed by atoms with Crippen molar-refractivity contribution < 1.29 is 9.53 Å². The average Bonchev–Trinajstić information content (AvgIpc) is 2.53. The van der Waals surface area contributed by atoms with Crippen LogP contribution in [0.25, 0.3) is 0 Å². The highest BCUT2D eigenvalue weighted by Crippen LogP contribution is 2.24. The lowest BCUT2D eigenvalue weighted by Gasteiger charge is -2.18. The van der Waals surface area contributed by atoms with E-state index in [1.54, 1.807) is 12.1 Å². The highest BCUT2D eigenvalue weighted by Gasteiger charge is 2.19. The van der Waals surface area contributed by atoms with Crippen LogP contribution in [0.1, 0.15) is 24.5 Å². The maximum absolute atomic E-state index is 12.3. The number of aryl methyl sites for hydroxylation is 1. The van der Waals surface area contributed by atoms with Crippen molar-refractivity contribution in [2.24, 2.45) is 0 Å². The van der Waals surface area contributed by atoms with E-state index in [0.717, 1.165) is 5.56 Å². The molecule has 0 fully saturated rings. The van der Waals surface area contributed by atoms with Gasteiger partial charge >= 0.3 is 0 Å². The minimum Gasteiger partial charge on any atom is -0.479 e. The lowest BCUT2D eigenvalue weighted by molar-refractivity contribution is -0.128. The summed E-state index contributed by atoms with van der Waals surface area (Å²) in [5.74, 6) is 0.393. The summed E-state index contributed by atoms with van der Waals surface area (Å²) < 4.78 is 5.72. The molecular formula is C18H20ClNO2. The Balaban J connectivity index is 1.94. The molecule has 0 aliphatic carbocycles. The zero-order valence-corrected chi connectivity index (χ0v) is 13.6. The molecule has 1 amide bonds. The number of benzene rings is 2. The van der Waals surface area contributed by atoms with Crippen molar-refractivity contribution in [3.05, 3.63) is 64.7 Å². The second-order valence-electron chi connectivity index (χ2n) is 5.15. The largest absolute Gasteiger partial charge is 0.479 e. The van der Waals surface area contributed by atoms with Gasteiger partial charge in [0, 0.05) is 6.54 Å². The van der Waals surface area contributed by atoms with Gasteiger partial charge in [-0.25, -0.2) is 0 Å². The molecule has 1 atom stereocenters. The summed E-state index contributed by atoms with van der Waals surface area (Å²) in [5.41, 5.74) is 2.26. The monoisotopic (exact) mass is 317 g/mol. The Morgan fingerprint density at radius 2 is 1.86 bits per heavy atom. The van der Waals surface area contributed by atoms with Gasteiger partial charge < -0.3 is 10.1 Å². The SMILES string of the molecule is CC[C@H](Oc1ccccc1Cl)C(=O)NCc1ccc(C)cc1. The fourth-order valence-corrected chi connectivity index (χ4v) is 2.21. The number of carbonyl (C=O) groups is 1. The summed E-state index contributed by atoms with van der Waals surface area (Å²) in [6.45, 7) is 4.43. The van der Waals surface area contributed by atoms with E-state index in [1.165, 1.54) is 5.56 Å². The Morgan fingerprint density at radius 1 is 1.18 bits per heavy atom. The van der Waals surface area contributed by atoms with Crippen LogP contribution in [0.2, 0.25) is 5.02 Å². The zero-order valence-electron chi connectivity index (χ0n) is 12.8. The molecule has 2 aromatic rings. The molecule has 1 N–H and O–H groups in total. The number of hydrogen-bond acceptors (Lipinski definition) is 2. The van der Waals surface area contributed by atoms with E-state index in [-0.39, 0.29) is 5.91 Å². The predicted molar refractivity (Wildman–Crippen MR) is 89.2 cm³/mol. The van der Waals surface area contributed by atoms with Crippen LogP contribution >= 0.6 is 11.6 Å². The van der Waals surface area contributed by atoms with Crippen molar-refractivity contribution in [3.8, 4) is 5.75 Å². The van der Waals surface area contributed by atoms with Gasteiger partial charge in [0.05, 0.1) is 5.02 Å². The standard InChI is InChI=1S/C18H20ClNO2/c1-3-16(22-17-7-5-4-6-15(17)19)18(21)20-12-14-10-8-13(2)9-11-14/h4-11,16H,3,12H2,1-2H3,(H,20,21)/t16-/m0/s1. The van der Waals surface area contributed by atoms with Gasteiger partial charge in [0.15, 0.2) is 6.10 Å². The summed E-state index contributed by atoms with van der Waals surface area (Å²) in [7, 11) is 0. The quantitative estimate of drug-likeness (QED) is 0.870. The molecule has 2 rings (SSSR count). The van der Waals surface area contributed by atoms with Gasteiger partial charge in [0.1, 0.15) is 5.75 Å². The van der Waals surface area contributed by atoms with Crippen LogP contribution in [0.4, 0.5) is 0 Å². The van der Waals surface area contributed by atoms with Gasteiger partial charge in [-0.1, -0.05) is 60.5 Å². The third-order valence-corrected chi connectivity index (χ3v) is 3.67. The molecule has 0 aliphatic heterocycles. The molecule has 116 valence electrons. The first-order chi connectivity index (χ1) is 10.6. The van der Waals surface area contributed by atoms with Gasteiger partial charge in [-0.15, -0.1) is 0 Å². The molecule has 0 saturated carbocycles.